The first kappa shape index (κ1) is 13.6. The summed E-state index contributed by atoms with van der Waals surface area (Å²) in [5.41, 5.74) is 1.46. The van der Waals surface area contributed by atoms with Crippen LogP contribution in [0, 0.1) is 5.41 Å². The maximum Gasteiger partial charge on any atom is 0.229 e. The lowest BCUT2D eigenvalue weighted by molar-refractivity contribution is -0.123. The van der Waals surface area contributed by atoms with Crippen LogP contribution >= 0.6 is 0 Å². The third-order valence-corrected chi connectivity index (χ3v) is 2.63. The van der Waals surface area contributed by atoms with Gasteiger partial charge in [0.1, 0.15) is 5.75 Å². The summed E-state index contributed by atoms with van der Waals surface area (Å²) in [6.07, 6.45) is 0.858. The van der Waals surface area contributed by atoms with Gasteiger partial charge in [0.05, 0.1) is 12.8 Å². The summed E-state index contributed by atoms with van der Waals surface area (Å²) in [6.45, 7) is 7.73. The van der Waals surface area contributed by atoms with Gasteiger partial charge in [-0.05, 0) is 18.1 Å². The highest BCUT2D eigenvalue weighted by Crippen LogP contribution is 2.30. The summed E-state index contributed by atoms with van der Waals surface area (Å²) >= 11 is 0. The zero-order valence-corrected chi connectivity index (χ0v) is 11.3. The van der Waals surface area contributed by atoms with Crippen molar-refractivity contribution in [2.24, 2.45) is 5.41 Å². The van der Waals surface area contributed by atoms with E-state index in [4.69, 9.17) is 4.74 Å². The van der Waals surface area contributed by atoms with Gasteiger partial charge in [0.25, 0.3) is 0 Å². The van der Waals surface area contributed by atoms with E-state index < -0.39 is 5.41 Å². The minimum Gasteiger partial charge on any atom is -0.495 e. The molecule has 0 radical (unpaired) electrons. The number of amides is 1. The number of benzene rings is 1. The topological polar surface area (TPSA) is 38.3 Å². The third-order valence-electron chi connectivity index (χ3n) is 2.63. The van der Waals surface area contributed by atoms with Crippen molar-refractivity contribution in [2.75, 3.05) is 12.4 Å². The van der Waals surface area contributed by atoms with Gasteiger partial charge in [0, 0.05) is 5.41 Å². The van der Waals surface area contributed by atoms with Crippen molar-refractivity contribution in [1.29, 1.82) is 0 Å². The molecule has 1 amide bonds. The normalized spacial score (nSPS) is 11.1. The molecule has 1 aromatic rings. The lowest BCUT2D eigenvalue weighted by Crippen LogP contribution is -2.28. The van der Waals surface area contributed by atoms with E-state index in [1.807, 2.05) is 39.0 Å². The number of rotatable bonds is 3. The zero-order chi connectivity index (χ0) is 13.1. The molecule has 0 aliphatic rings. The van der Waals surface area contributed by atoms with Crippen LogP contribution in [0.2, 0.25) is 0 Å². The predicted octanol–water partition coefficient (Wildman–Crippen LogP) is 3.24. The molecule has 3 nitrogen and oxygen atoms in total. The van der Waals surface area contributed by atoms with Crippen LogP contribution in [-0.4, -0.2) is 13.0 Å². The molecule has 0 spiro atoms. The van der Waals surface area contributed by atoms with Gasteiger partial charge in [-0.25, -0.2) is 0 Å². The Labute approximate surface area is 103 Å². The Kier molecular flexibility index (Phi) is 4.16. The molecule has 0 fully saturated rings. The highest BCUT2D eigenvalue weighted by molar-refractivity contribution is 5.96. The summed E-state index contributed by atoms with van der Waals surface area (Å²) in [6, 6.07) is 5.79. The highest BCUT2D eigenvalue weighted by Gasteiger charge is 2.23. The largest absolute Gasteiger partial charge is 0.495 e. The van der Waals surface area contributed by atoms with Gasteiger partial charge >= 0.3 is 0 Å². The van der Waals surface area contributed by atoms with E-state index in [1.165, 1.54) is 0 Å². The zero-order valence-electron chi connectivity index (χ0n) is 11.3. The standard InChI is InChI=1S/C14H21NO2/c1-6-10-8-7-9-11(17-5)12(10)15-13(16)14(2,3)4/h7-9H,6H2,1-5H3,(H,15,16). The average Bonchev–Trinajstić information content (AvgIpc) is 2.28. The van der Waals surface area contributed by atoms with Gasteiger partial charge in [-0.3, -0.25) is 4.79 Å². The molecule has 0 heterocycles. The summed E-state index contributed by atoms with van der Waals surface area (Å²) in [7, 11) is 1.61. The monoisotopic (exact) mass is 235 g/mol. The van der Waals surface area contributed by atoms with Crippen molar-refractivity contribution < 1.29 is 9.53 Å². The summed E-state index contributed by atoms with van der Waals surface area (Å²) in [5, 5.41) is 2.96. The fourth-order valence-corrected chi connectivity index (χ4v) is 1.48. The first-order valence-electron chi connectivity index (χ1n) is 5.87. The lowest BCUT2D eigenvalue weighted by atomic mass is 9.95. The molecule has 0 bridgehead atoms. The van der Waals surface area contributed by atoms with E-state index in [9.17, 15) is 4.79 Å². The van der Waals surface area contributed by atoms with Crippen LogP contribution < -0.4 is 10.1 Å². The molecule has 1 aromatic carbocycles. The number of carbonyl (C=O) groups is 1. The van der Waals surface area contributed by atoms with E-state index in [0.717, 1.165) is 17.7 Å². The molecule has 0 saturated carbocycles. The number of aryl methyl sites for hydroxylation is 1. The van der Waals surface area contributed by atoms with Crippen LogP contribution in [-0.2, 0) is 11.2 Å². The van der Waals surface area contributed by atoms with Crippen LogP contribution in [0.4, 0.5) is 5.69 Å². The van der Waals surface area contributed by atoms with Crippen molar-refractivity contribution >= 4 is 11.6 Å². The smallest absolute Gasteiger partial charge is 0.229 e. The Morgan fingerprint density at radius 3 is 2.47 bits per heavy atom. The molecular formula is C14H21NO2. The second-order valence-electron chi connectivity index (χ2n) is 5.05. The number of carbonyl (C=O) groups excluding carboxylic acids is 1. The minimum absolute atomic E-state index is 0.00306. The van der Waals surface area contributed by atoms with Gasteiger partial charge in [0.2, 0.25) is 5.91 Å². The summed E-state index contributed by atoms with van der Waals surface area (Å²) < 4.78 is 5.29. The number of ether oxygens (including phenoxy) is 1. The molecule has 0 unspecified atom stereocenters. The minimum atomic E-state index is -0.411. The number of anilines is 1. The van der Waals surface area contributed by atoms with E-state index in [0.29, 0.717) is 5.75 Å². The lowest BCUT2D eigenvalue weighted by Gasteiger charge is -2.20. The predicted molar refractivity (Wildman–Crippen MR) is 70.5 cm³/mol. The number of nitrogens with one attached hydrogen (secondary N) is 1. The van der Waals surface area contributed by atoms with Crippen LogP contribution in [0.1, 0.15) is 33.3 Å². The van der Waals surface area contributed by atoms with E-state index in [-0.39, 0.29) is 5.91 Å². The van der Waals surface area contributed by atoms with Gasteiger partial charge < -0.3 is 10.1 Å². The van der Waals surface area contributed by atoms with Crippen LogP contribution in [0.15, 0.2) is 18.2 Å². The molecule has 0 aromatic heterocycles. The second-order valence-corrected chi connectivity index (χ2v) is 5.05. The van der Waals surface area contributed by atoms with Gasteiger partial charge in [0.15, 0.2) is 0 Å². The van der Waals surface area contributed by atoms with Crippen LogP contribution in [0.3, 0.4) is 0 Å². The van der Waals surface area contributed by atoms with Crippen molar-refractivity contribution in [3.8, 4) is 5.75 Å². The summed E-state index contributed by atoms with van der Waals surface area (Å²) in [4.78, 5) is 12.0. The van der Waals surface area contributed by atoms with Crippen molar-refractivity contribution in [3.05, 3.63) is 23.8 Å². The molecule has 3 heteroatoms. The maximum atomic E-state index is 12.0. The molecule has 0 aliphatic heterocycles. The van der Waals surface area contributed by atoms with E-state index >= 15 is 0 Å². The Balaban J connectivity index is 3.08. The first-order chi connectivity index (χ1) is 7.90. The van der Waals surface area contributed by atoms with E-state index in [1.54, 1.807) is 7.11 Å². The Hall–Kier alpha value is -1.51. The number of para-hydroxylation sites is 1. The summed E-state index contributed by atoms with van der Waals surface area (Å²) in [5.74, 6) is 0.707. The second kappa shape index (κ2) is 5.21. The molecular weight excluding hydrogens is 214 g/mol. The fraction of sp³-hybridized carbons (Fsp3) is 0.500. The Morgan fingerprint density at radius 2 is 2.00 bits per heavy atom. The number of hydrogen-bond acceptors (Lipinski definition) is 2. The van der Waals surface area contributed by atoms with Gasteiger partial charge in [-0.1, -0.05) is 39.8 Å². The number of hydrogen-bond donors (Lipinski definition) is 1. The van der Waals surface area contributed by atoms with Crippen LogP contribution in [0.25, 0.3) is 0 Å². The molecule has 1 rings (SSSR count). The molecule has 17 heavy (non-hydrogen) atoms. The highest BCUT2D eigenvalue weighted by atomic mass is 16.5. The van der Waals surface area contributed by atoms with Crippen molar-refractivity contribution in [3.63, 3.8) is 0 Å². The Bertz CT molecular complexity index is 383. The van der Waals surface area contributed by atoms with Crippen molar-refractivity contribution in [1.82, 2.24) is 0 Å². The van der Waals surface area contributed by atoms with Crippen molar-refractivity contribution in [2.45, 2.75) is 34.1 Å². The molecule has 0 saturated heterocycles. The van der Waals surface area contributed by atoms with Gasteiger partial charge in [-0.15, -0.1) is 0 Å². The maximum absolute atomic E-state index is 12.0. The average molecular weight is 235 g/mol. The van der Waals surface area contributed by atoms with Crippen LogP contribution in [0.5, 0.6) is 5.75 Å². The molecule has 0 atom stereocenters. The molecule has 94 valence electrons. The molecule has 0 aliphatic carbocycles. The van der Waals surface area contributed by atoms with E-state index in [2.05, 4.69) is 12.2 Å². The third kappa shape index (κ3) is 3.22. The van der Waals surface area contributed by atoms with Gasteiger partial charge in [-0.2, -0.15) is 0 Å². The quantitative estimate of drug-likeness (QED) is 0.873. The SMILES string of the molecule is CCc1cccc(OC)c1NC(=O)C(C)(C)C. The number of methoxy groups -OCH3 is 1. The fourth-order valence-electron chi connectivity index (χ4n) is 1.48. The first-order valence-corrected chi connectivity index (χ1v) is 5.87. The molecule has 1 N–H and O–H groups in total. The Morgan fingerprint density at radius 1 is 1.35 bits per heavy atom.